The lowest BCUT2D eigenvalue weighted by atomic mass is 9.88. The molecule has 0 aromatic carbocycles. The summed E-state index contributed by atoms with van der Waals surface area (Å²) in [6.07, 6.45) is 13.9. The molecule has 9 heteroatoms. The summed E-state index contributed by atoms with van der Waals surface area (Å²) < 4.78 is 14.9. The fourth-order valence-electron chi connectivity index (χ4n) is 2.98. The van der Waals surface area contributed by atoms with Crippen LogP contribution in [0.4, 0.5) is 0 Å². The number of rotatable bonds is 19. The molecule has 176 valence electrons. The van der Waals surface area contributed by atoms with Crippen LogP contribution in [0.2, 0.25) is 0 Å². The van der Waals surface area contributed by atoms with Gasteiger partial charge in [-0.1, -0.05) is 57.6 Å². The molecule has 0 aliphatic carbocycles. The minimum Gasteiger partial charge on any atom is -0.382 e. The van der Waals surface area contributed by atoms with Crippen molar-refractivity contribution >= 4 is 19.4 Å². The van der Waals surface area contributed by atoms with Gasteiger partial charge in [-0.2, -0.15) is 0 Å². The zero-order valence-electron chi connectivity index (χ0n) is 18.3. The predicted molar refractivity (Wildman–Crippen MR) is 115 cm³/mol. The van der Waals surface area contributed by atoms with Gasteiger partial charge in [0.1, 0.15) is 0 Å². The molecule has 0 aliphatic heterocycles. The van der Waals surface area contributed by atoms with Crippen molar-refractivity contribution in [2.45, 2.75) is 103 Å². The molecule has 0 saturated carbocycles. The van der Waals surface area contributed by atoms with Crippen molar-refractivity contribution in [3.8, 4) is 0 Å². The number of unbranched alkanes of at least 4 members (excludes halogenated alkanes) is 9. The van der Waals surface area contributed by atoms with Crippen LogP contribution in [0.5, 0.6) is 0 Å². The van der Waals surface area contributed by atoms with Crippen LogP contribution in [0.1, 0.15) is 90.9 Å². The lowest BCUT2D eigenvalue weighted by Gasteiger charge is -2.29. The molecule has 2 atom stereocenters. The van der Waals surface area contributed by atoms with Gasteiger partial charge in [-0.05, 0) is 39.0 Å². The molecule has 0 amide bonds. The minimum absolute atomic E-state index is 0.0374. The summed E-state index contributed by atoms with van der Waals surface area (Å²) in [6, 6.07) is 0. The van der Waals surface area contributed by atoms with Crippen LogP contribution < -0.4 is 0 Å². The number of hydrogen-bond acceptors (Lipinski definition) is 6. The highest BCUT2D eigenvalue weighted by atomic mass is 31.2. The number of aliphatic hydroxyl groups is 2. The maximum atomic E-state index is 12.1. The maximum absolute atomic E-state index is 12.1. The predicted octanol–water partition coefficient (Wildman–Crippen LogP) is 3.60. The van der Waals surface area contributed by atoms with Gasteiger partial charge in [-0.15, -0.1) is 0 Å². The third-order valence-electron chi connectivity index (χ3n) is 5.00. The van der Waals surface area contributed by atoms with Crippen LogP contribution in [0, 0.1) is 0 Å². The number of phosphoric ester groups is 1. The molecule has 0 fully saturated rings. The number of ketones is 2. The van der Waals surface area contributed by atoms with E-state index < -0.39 is 37.7 Å². The summed E-state index contributed by atoms with van der Waals surface area (Å²) in [6.45, 7) is 1.95. The molecule has 0 spiro atoms. The molecule has 8 nitrogen and oxygen atoms in total. The van der Waals surface area contributed by atoms with Crippen LogP contribution in [-0.2, 0) is 18.7 Å². The number of allylic oxidation sites excluding steroid dienone is 2. The lowest BCUT2D eigenvalue weighted by molar-refractivity contribution is -0.163. The van der Waals surface area contributed by atoms with E-state index in [9.17, 15) is 24.4 Å². The number of Topliss-reactive ketones (excluding diaryl/α,β-unsaturated/α-hetero) is 2. The van der Waals surface area contributed by atoms with Gasteiger partial charge >= 0.3 is 7.82 Å². The smallest absolute Gasteiger partial charge is 0.382 e. The zero-order valence-corrected chi connectivity index (χ0v) is 19.2. The third kappa shape index (κ3) is 13.4. The van der Waals surface area contributed by atoms with Crippen LogP contribution in [0.3, 0.4) is 0 Å². The first-order valence-electron chi connectivity index (χ1n) is 10.8. The molecule has 0 aliphatic rings. The Labute approximate surface area is 180 Å². The van der Waals surface area contributed by atoms with Crippen molar-refractivity contribution in [3.63, 3.8) is 0 Å². The molecule has 0 aromatic heterocycles. The Morgan fingerprint density at radius 2 is 1.47 bits per heavy atom. The quantitative estimate of drug-likeness (QED) is 0.133. The number of aliphatic hydroxyl groups excluding tert-OH is 1. The Morgan fingerprint density at radius 3 is 1.97 bits per heavy atom. The molecule has 0 aromatic rings. The second-order valence-corrected chi connectivity index (χ2v) is 8.98. The Morgan fingerprint density at radius 1 is 0.967 bits per heavy atom. The lowest BCUT2D eigenvalue weighted by Crippen LogP contribution is -2.55. The second-order valence-electron chi connectivity index (χ2n) is 7.74. The fourth-order valence-corrected chi connectivity index (χ4v) is 3.34. The van der Waals surface area contributed by atoms with Crippen molar-refractivity contribution < 1.29 is 38.7 Å². The molecular weight excluding hydrogens is 411 g/mol. The SMILES string of the molecule is CCCCCC/C=C\CCCCCCCC(=O)C(O)C(O)(COP(=O)(O)O)C(C)=O. The summed E-state index contributed by atoms with van der Waals surface area (Å²) in [5.74, 6) is -1.76. The van der Waals surface area contributed by atoms with Gasteiger partial charge in [0.15, 0.2) is 23.3 Å². The Hall–Kier alpha value is -0.890. The van der Waals surface area contributed by atoms with Crippen LogP contribution in [0.15, 0.2) is 12.2 Å². The first kappa shape index (κ1) is 29.1. The normalized spacial score (nSPS) is 15.3. The highest BCUT2D eigenvalue weighted by molar-refractivity contribution is 7.46. The molecule has 30 heavy (non-hydrogen) atoms. The number of carbonyl (C=O) groups excluding carboxylic acids is 2. The average Bonchev–Trinajstić information content (AvgIpc) is 2.68. The zero-order chi connectivity index (χ0) is 23.0. The van der Waals surface area contributed by atoms with Crippen molar-refractivity contribution in [2.75, 3.05) is 6.61 Å². The van der Waals surface area contributed by atoms with Gasteiger partial charge in [0, 0.05) is 6.42 Å². The standard InChI is InChI=1S/C21H39O8P/c1-3-4-5-6-7-8-9-10-11-12-13-14-15-16-19(23)20(24)21(25,18(2)22)17-29-30(26,27)28/h8-9,20,24-25H,3-7,10-17H2,1-2H3,(H2,26,27,28)/b9-8-. The molecule has 0 bridgehead atoms. The summed E-state index contributed by atoms with van der Waals surface area (Å²) in [4.78, 5) is 41.1. The molecule has 2 unspecified atom stereocenters. The van der Waals surface area contributed by atoms with E-state index >= 15 is 0 Å². The van der Waals surface area contributed by atoms with E-state index in [-0.39, 0.29) is 6.42 Å². The average molecular weight is 451 g/mol. The van der Waals surface area contributed by atoms with Gasteiger partial charge in [0.2, 0.25) is 0 Å². The summed E-state index contributed by atoms with van der Waals surface area (Å²) in [5.41, 5.74) is -2.68. The highest BCUT2D eigenvalue weighted by Crippen LogP contribution is 2.37. The maximum Gasteiger partial charge on any atom is 0.469 e. The van der Waals surface area contributed by atoms with Gasteiger partial charge < -0.3 is 20.0 Å². The number of carbonyl (C=O) groups is 2. The van der Waals surface area contributed by atoms with E-state index in [0.29, 0.717) is 6.42 Å². The number of hydrogen-bond donors (Lipinski definition) is 4. The van der Waals surface area contributed by atoms with E-state index in [0.717, 1.165) is 45.4 Å². The molecule has 0 rings (SSSR count). The summed E-state index contributed by atoms with van der Waals surface area (Å²) >= 11 is 0. The van der Waals surface area contributed by atoms with Crippen LogP contribution in [-0.4, -0.2) is 49.9 Å². The third-order valence-corrected chi connectivity index (χ3v) is 5.47. The molecule has 0 heterocycles. The van der Waals surface area contributed by atoms with Crippen molar-refractivity contribution in [1.82, 2.24) is 0 Å². The Kier molecular flexibility index (Phi) is 15.4. The largest absolute Gasteiger partial charge is 0.469 e. The van der Waals surface area contributed by atoms with Gasteiger partial charge in [-0.25, -0.2) is 4.57 Å². The van der Waals surface area contributed by atoms with Gasteiger partial charge in [0.05, 0.1) is 6.61 Å². The van der Waals surface area contributed by atoms with Gasteiger partial charge in [-0.3, -0.25) is 14.1 Å². The van der Waals surface area contributed by atoms with Crippen molar-refractivity contribution in [1.29, 1.82) is 0 Å². The Balaban J connectivity index is 4.04. The Bertz CT molecular complexity index is 571. The van der Waals surface area contributed by atoms with Crippen LogP contribution >= 0.6 is 7.82 Å². The molecule has 4 N–H and O–H groups in total. The van der Waals surface area contributed by atoms with Crippen molar-refractivity contribution in [3.05, 3.63) is 12.2 Å². The second kappa shape index (κ2) is 15.8. The fraction of sp³-hybridized carbons (Fsp3) is 0.810. The summed E-state index contributed by atoms with van der Waals surface area (Å²) in [7, 11) is -4.96. The van der Waals surface area contributed by atoms with Gasteiger partial charge in [0.25, 0.3) is 0 Å². The summed E-state index contributed by atoms with van der Waals surface area (Å²) in [5, 5.41) is 20.2. The van der Waals surface area contributed by atoms with E-state index in [1.54, 1.807) is 0 Å². The molecular formula is C21H39O8P. The number of phosphoric acid groups is 1. The van der Waals surface area contributed by atoms with E-state index in [1.165, 1.54) is 25.7 Å². The van der Waals surface area contributed by atoms with E-state index in [2.05, 4.69) is 23.6 Å². The van der Waals surface area contributed by atoms with E-state index in [1.807, 2.05) is 0 Å². The minimum atomic E-state index is -4.96. The monoisotopic (exact) mass is 450 g/mol. The first-order valence-corrected chi connectivity index (χ1v) is 12.4. The van der Waals surface area contributed by atoms with E-state index in [4.69, 9.17) is 9.79 Å². The van der Waals surface area contributed by atoms with Crippen molar-refractivity contribution in [2.24, 2.45) is 0 Å². The first-order chi connectivity index (χ1) is 14.0. The van der Waals surface area contributed by atoms with Crippen LogP contribution in [0.25, 0.3) is 0 Å². The topological polar surface area (TPSA) is 141 Å². The highest BCUT2D eigenvalue weighted by Gasteiger charge is 2.45. The molecule has 0 saturated heterocycles. The molecule has 0 radical (unpaired) electrons.